The van der Waals surface area contributed by atoms with E-state index in [0.29, 0.717) is 70.7 Å². The van der Waals surface area contributed by atoms with Crippen molar-refractivity contribution in [3.8, 4) is 16.9 Å². The van der Waals surface area contributed by atoms with Gasteiger partial charge in [-0.2, -0.15) is 0 Å². The lowest BCUT2D eigenvalue weighted by molar-refractivity contribution is -0.294. The van der Waals surface area contributed by atoms with Crippen LogP contribution in [-0.4, -0.2) is 175 Å². The highest BCUT2D eigenvalue weighted by atomic mass is 16.7. The third-order valence-corrected chi connectivity index (χ3v) is 9.62. The Balaban J connectivity index is 0.897. The lowest BCUT2D eigenvalue weighted by atomic mass is 10.0. The van der Waals surface area contributed by atoms with E-state index in [0.717, 1.165) is 16.7 Å². The van der Waals surface area contributed by atoms with Crippen molar-refractivity contribution in [3.05, 3.63) is 90.0 Å². The van der Waals surface area contributed by atoms with Gasteiger partial charge in [0.1, 0.15) is 30.7 Å². The van der Waals surface area contributed by atoms with E-state index < -0.39 is 36.8 Å². The van der Waals surface area contributed by atoms with E-state index in [1.165, 1.54) is 0 Å². The summed E-state index contributed by atoms with van der Waals surface area (Å²) >= 11 is 0. The molecular formula is C46H64N4O16. The van der Waals surface area contributed by atoms with Gasteiger partial charge in [-0.05, 0) is 47.9 Å². The summed E-state index contributed by atoms with van der Waals surface area (Å²) in [6.07, 6.45) is -6.06. The second kappa shape index (κ2) is 31.6. The summed E-state index contributed by atoms with van der Waals surface area (Å²) in [5.74, 6) is -0.242. The summed E-state index contributed by atoms with van der Waals surface area (Å²) in [5.41, 5.74) is 3.03. The highest BCUT2D eigenvalue weighted by Gasteiger charge is 2.42. The first-order chi connectivity index (χ1) is 32.1. The van der Waals surface area contributed by atoms with E-state index in [9.17, 15) is 34.5 Å². The Kier molecular flexibility index (Phi) is 25.6. The molecule has 1 aliphatic heterocycles. The molecule has 364 valence electrons. The number of alkyl carbamates (subject to hydrolysis) is 1. The highest BCUT2D eigenvalue weighted by Crippen LogP contribution is 2.24. The first kappa shape index (κ1) is 53.4. The molecule has 1 fully saturated rings. The van der Waals surface area contributed by atoms with E-state index in [1.54, 1.807) is 37.3 Å². The highest BCUT2D eigenvalue weighted by molar-refractivity contribution is 5.95. The number of rotatable bonds is 32. The molecule has 1 saturated heterocycles. The monoisotopic (exact) mass is 928 g/mol. The maximum atomic E-state index is 12.7. The number of amides is 4. The Morgan fingerprint density at radius 3 is 1.86 bits per heavy atom. The zero-order chi connectivity index (χ0) is 47.2. The minimum absolute atomic E-state index is 0.0931. The van der Waals surface area contributed by atoms with Crippen molar-refractivity contribution >= 4 is 23.8 Å². The summed E-state index contributed by atoms with van der Waals surface area (Å²) in [6, 6.07) is 23.7. The van der Waals surface area contributed by atoms with Gasteiger partial charge in [0.15, 0.2) is 12.9 Å². The molecule has 0 bridgehead atoms. The van der Waals surface area contributed by atoms with Gasteiger partial charge >= 0.3 is 6.09 Å². The molecule has 0 spiro atoms. The zero-order valence-electron chi connectivity index (χ0n) is 37.3. The van der Waals surface area contributed by atoms with Crippen LogP contribution in [0.3, 0.4) is 0 Å². The molecule has 66 heavy (non-hydrogen) atoms. The molecule has 5 atom stereocenters. The number of benzene rings is 3. The van der Waals surface area contributed by atoms with Gasteiger partial charge in [0.05, 0.1) is 78.8 Å². The summed E-state index contributed by atoms with van der Waals surface area (Å²) in [7, 11) is 0. The first-order valence-corrected chi connectivity index (χ1v) is 21.9. The minimum Gasteiger partial charge on any atom is -0.484 e. The van der Waals surface area contributed by atoms with Gasteiger partial charge in [-0.15, -0.1) is 0 Å². The average molecular weight is 929 g/mol. The molecule has 20 nitrogen and oxygen atoms in total. The zero-order valence-corrected chi connectivity index (χ0v) is 37.3. The summed E-state index contributed by atoms with van der Waals surface area (Å²) in [6.45, 7) is 5.82. The Morgan fingerprint density at radius 1 is 0.576 bits per heavy atom. The van der Waals surface area contributed by atoms with Gasteiger partial charge in [-0.3, -0.25) is 14.4 Å². The molecule has 20 heteroatoms. The van der Waals surface area contributed by atoms with Crippen LogP contribution in [0.2, 0.25) is 0 Å². The molecule has 0 radical (unpaired) electrons. The van der Waals surface area contributed by atoms with Gasteiger partial charge in [0.25, 0.3) is 11.8 Å². The lowest BCUT2D eigenvalue weighted by Gasteiger charge is -2.38. The largest absolute Gasteiger partial charge is 0.484 e. The first-order valence-electron chi connectivity index (χ1n) is 21.9. The number of ether oxygens (including phenoxy) is 9. The fourth-order valence-electron chi connectivity index (χ4n) is 6.02. The molecule has 3 aromatic carbocycles. The number of aliphatic hydroxyl groups is 3. The van der Waals surface area contributed by atoms with Crippen molar-refractivity contribution in [2.45, 2.75) is 50.7 Å². The van der Waals surface area contributed by atoms with Crippen LogP contribution in [0.15, 0.2) is 78.9 Å². The molecule has 4 amide bonds. The van der Waals surface area contributed by atoms with Crippen LogP contribution in [0.1, 0.15) is 29.3 Å². The van der Waals surface area contributed by atoms with E-state index in [1.807, 2.05) is 48.5 Å². The van der Waals surface area contributed by atoms with E-state index >= 15 is 0 Å². The maximum Gasteiger partial charge on any atom is 0.407 e. The number of hydrogen-bond donors (Lipinski definition) is 7. The van der Waals surface area contributed by atoms with Crippen LogP contribution in [-0.2, 0) is 54.1 Å². The smallest absolute Gasteiger partial charge is 0.407 e. The third-order valence-electron chi connectivity index (χ3n) is 9.62. The van der Waals surface area contributed by atoms with E-state index in [2.05, 4.69) is 21.3 Å². The normalized spacial score (nSPS) is 18.0. The predicted molar refractivity (Wildman–Crippen MR) is 237 cm³/mol. The number of hydrogen-bond acceptors (Lipinski definition) is 16. The van der Waals surface area contributed by atoms with Crippen molar-refractivity contribution in [1.82, 2.24) is 21.3 Å². The third kappa shape index (κ3) is 21.4. The van der Waals surface area contributed by atoms with Crippen molar-refractivity contribution in [2.24, 2.45) is 0 Å². The molecule has 1 heterocycles. The second-order valence-corrected chi connectivity index (χ2v) is 14.7. The molecule has 7 N–H and O–H groups in total. The van der Waals surface area contributed by atoms with Crippen molar-refractivity contribution < 1.29 is 77.1 Å². The Hall–Kier alpha value is -5.26. The standard InChI is InChI=1S/C46H64N4O16/c1-33-41(53)42(54)43(55)45(66-33)63-29-28-60-20-17-47-39(51)14-19-58-22-24-61-26-27-62-25-23-59-21-18-48-40(52)32-64-38-12-10-35(11-13-38)36-8-5-9-37(30-36)44(56)49-15-16-50-46(57)65-31-34-6-3-2-4-7-34/h2-13,30,33,41-43,45,53-55H,14-29,31-32H2,1H3,(H,47,51)(H,48,52)(H,49,56)(H,50,57)/t33-,41-,42+,43+,45+/m0/s1. The van der Waals surface area contributed by atoms with Gasteiger partial charge in [-0.25, -0.2) is 4.79 Å². The van der Waals surface area contributed by atoms with Gasteiger partial charge < -0.3 is 79.2 Å². The van der Waals surface area contributed by atoms with E-state index in [4.69, 9.17) is 42.6 Å². The molecule has 0 unspecified atom stereocenters. The number of nitrogens with one attached hydrogen (secondary N) is 4. The van der Waals surface area contributed by atoms with Crippen LogP contribution in [0.5, 0.6) is 5.75 Å². The fraction of sp³-hybridized carbons (Fsp3) is 0.522. The number of carbonyl (C=O) groups is 4. The lowest BCUT2D eigenvalue weighted by Crippen LogP contribution is -2.57. The fourth-order valence-corrected chi connectivity index (χ4v) is 6.02. The Morgan fingerprint density at radius 2 is 1.18 bits per heavy atom. The molecule has 0 saturated carbocycles. The summed E-state index contributed by atoms with van der Waals surface area (Å²) in [5, 5.41) is 40.3. The number of carbonyl (C=O) groups excluding carboxylic acids is 4. The van der Waals surface area contributed by atoms with Crippen LogP contribution in [0.25, 0.3) is 11.1 Å². The Labute approximate surface area is 384 Å². The maximum absolute atomic E-state index is 12.7. The van der Waals surface area contributed by atoms with Crippen molar-refractivity contribution in [1.29, 1.82) is 0 Å². The summed E-state index contributed by atoms with van der Waals surface area (Å²) in [4.78, 5) is 48.9. The Bertz CT molecular complexity index is 1840. The molecule has 0 aliphatic carbocycles. The molecule has 0 aromatic heterocycles. The van der Waals surface area contributed by atoms with Gasteiger partial charge in [-0.1, -0.05) is 54.6 Å². The predicted octanol–water partition coefficient (Wildman–Crippen LogP) is 0.938. The second-order valence-electron chi connectivity index (χ2n) is 14.7. The number of aliphatic hydroxyl groups excluding tert-OH is 3. The molecule has 3 aromatic rings. The van der Waals surface area contributed by atoms with Gasteiger partial charge in [0, 0.05) is 38.2 Å². The van der Waals surface area contributed by atoms with Crippen LogP contribution < -0.4 is 26.0 Å². The molecule has 4 rings (SSSR count). The average Bonchev–Trinajstić information content (AvgIpc) is 3.33. The minimum atomic E-state index is -1.37. The van der Waals surface area contributed by atoms with Crippen molar-refractivity contribution in [2.75, 3.05) is 105 Å². The van der Waals surface area contributed by atoms with Crippen LogP contribution in [0, 0.1) is 0 Å². The quantitative estimate of drug-likeness (QED) is 0.0430. The molecule has 1 aliphatic rings. The molecular weight excluding hydrogens is 865 g/mol. The van der Waals surface area contributed by atoms with Crippen LogP contribution >= 0.6 is 0 Å². The summed E-state index contributed by atoms with van der Waals surface area (Å²) < 4.78 is 48.8. The SMILES string of the molecule is C[C@@H]1O[C@@H](OCCOCCNC(=O)CCOCCOCCOCCOCCNC(=O)COc2ccc(-c3cccc(C(=O)NCCNC(=O)OCc4ccccc4)c3)cc2)[C@H](O)[C@H](O)[C@H]1O. The topological polar surface area (TPSA) is 260 Å². The van der Waals surface area contributed by atoms with Gasteiger partial charge in [0.2, 0.25) is 5.91 Å². The van der Waals surface area contributed by atoms with Crippen LogP contribution in [0.4, 0.5) is 4.79 Å². The van der Waals surface area contributed by atoms with Crippen molar-refractivity contribution in [3.63, 3.8) is 0 Å². The van der Waals surface area contributed by atoms with E-state index in [-0.39, 0.29) is 76.9 Å².